The maximum Gasteiger partial charge on any atom is 0.416 e. The molecule has 0 aliphatic rings. The lowest BCUT2D eigenvalue weighted by molar-refractivity contribution is -0.137. The van der Waals surface area contributed by atoms with Gasteiger partial charge in [-0.15, -0.1) is 11.3 Å². The zero-order valence-electron chi connectivity index (χ0n) is 20.2. The number of alkyl halides is 3. The van der Waals surface area contributed by atoms with E-state index in [2.05, 4.69) is 28.7 Å². The zero-order chi connectivity index (χ0) is 25.0. The molecule has 34 heavy (non-hydrogen) atoms. The average molecular weight is 493 g/mol. The van der Waals surface area contributed by atoms with Crippen molar-refractivity contribution in [1.82, 2.24) is 14.5 Å². The molecule has 3 rings (SSSR count). The highest BCUT2D eigenvalue weighted by molar-refractivity contribution is 7.14. The van der Waals surface area contributed by atoms with Crippen molar-refractivity contribution in [2.45, 2.75) is 53.8 Å². The molecule has 0 unspecified atom stereocenters. The summed E-state index contributed by atoms with van der Waals surface area (Å²) in [5, 5.41) is 5.33. The number of carbonyl (C=O) groups is 1. The molecule has 5 nitrogen and oxygen atoms in total. The number of hydrogen-bond donors (Lipinski definition) is 1. The van der Waals surface area contributed by atoms with E-state index in [0.717, 1.165) is 36.5 Å². The lowest BCUT2D eigenvalue weighted by Gasteiger charge is -2.18. The van der Waals surface area contributed by atoms with Gasteiger partial charge in [-0.1, -0.05) is 19.9 Å². The first-order valence-electron chi connectivity index (χ1n) is 11.4. The van der Waals surface area contributed by atoms with Crippen LogP contribution in [0.2, 0.25) is 0 Å². The molecule has 184 valence electrons. The summed E-state index contributed by atoms with van der Waals surface area (Å²) in [5.41, 5.74) is 2.68. The molecule has 0 saturated carbocycles. The van der Waals surface area contributed by atoms with E-state index in [1.165, 1.54) is 17.4 Å². The molecule has 0 spiro atoms. The number of halogens is 3. The Bertz CT molecular complexity index is 1130. The summed E-state index contributed by atoms with van der Waals surface area (Å²) in [4.78, 5) is 19.5. The molecular formula is C25H31F3N4OS. The fourth-order valence-electron chi connectivity index (χ4n) is 3.78. The molecule has 1 aromatic carbocycles. The summed E-state index contributed by atoms with van der Waals surface area (Å²) >= 11 is 1.31. The quantitative estimate of drug-likeness (QED) is 0.343. The monoisotopic (exact) mass is 492 g/mol. The molecule has 2 aromatic heterocycles. The smallest absolute Gasteiger partial charge is 0.343 e. The molecular weight excluding hydrogens is 461 g/mol. The van der Waals surface area contributed by atoms with Crippen LogP contribution in [0, 0.1) is 12.8 Å². The van der Waals surface area contributed by atoms with Gasteiger partial charge in [0.05, 0.1) is 22.5 Å². The Morgan fingerprint density at radius 2 is 1.91 bits per heavy atom. The average Bonchev–Trinajstić information content (AvgIpc) is 3.36. The molecule has 2 heterocycles. The van der Waals surface area contributed by atoms with Gasteiger partial charge in [-0.3, -0.25) is 4.79 Å². The van der Waals surface area contributed by atoms with E-state index in [1.54, 1.807) is 11.0 Å². The maximum absolute atomic E-state index is 13.1. The molecule has 9 heteroatoms. The van der Waals surface area contributed by atoms with Gasteiger partial charge >= 0.3 is 6.18 Å². The van der Waals surface area contributed by atoms with Crippen molar-refractivity contribution in [2.75, 3.05) is 18.4 Å². The predicted molar refractivity (Wildman–Crippen MR) is 132 cm³/mol. The SMILES string of the molecule is CCN(CC)C(=O)c1cc(-c2csc(Nc3cccc(C(F)(F)F)c3)n2)n(CCC(C)C)c1C. The van der Waals surface area contributed by atoms with Gasteiger partial charge in [-0.2, -0.15) is 13.2 Å². The number of aromatic nitrogens is 2. The van der Waals surface area contributed by atoms with Crippen molar-refractivity contribution < 1.29 is 18.0 Å². The highest BCUT2D eigenvalue weighted by Crippen LogP contribution is 2.34. The number of nitrogens with one attached hydrogen (secondary N) is 1. The Hall–Kier alpha value is -2.81. The molecule has 0 aliphatic heterocycles. The van der Waals surface area contributed by atoms with E-state index in [-0.39, 0.29) is 5.91 Å². The van der Waals surface area contributed by atoms with E-state index in [9.17, 15) is 18.0 Å². The highest BCUT2D eigenvalue weighted by atomic mass is 32.1. The molecule has 0 fully saturated rings. The Morgan fingerprint density at radius 1 is 1.21 bits per heavy atom. The second-order valence-corrected chi connectivity index (χ2v) is 9.44. The maximum atomic E-state index is 13.1. The zero-order valence-corrected chi connectivity index (χ0v) is 21.0. The van der Waals surface area contributed by atoms with E-state index in [4.69, 9.17) is 0 Å². The minimum atomic E-state index is -4.41. The first-order chi connectivity index (χ1) is 16.0. The number of benzene rings is 1. The normalized spacial score (nSPS) is 11.8. The Labute approximate surface area is 202 Å². The van der Waals surface area contributed by atoms with Gasteiger partial charge < -0.3 is 14.8 Å². The highest BCUT2D eigenvalue weighted by Gasteiger charge is 2.30. The Balaban J connectivity index is 1.95. The van der Waals surface area contributed by atoms with E-state index < -0.39 is 11.7 Å². The van der Waals surface area contributed by atoms with E-state index >= 15 is 0 Å². The molecule has 1 amide bonds. The van der Waals surface area contributed by atoms with Crippen LogP contribution in [-0.4, -0.2) is 33.4 Å². The van der Waals surface area contributed by atoms with Crippen LogP contribution in [0.25, 0.3) is 11.4 Å². The summed E-state index contributed by atoms with van der Waals surface area (Å²) < 4.78 is 41.3. The second kappa shape index (κ2) is 10.6. The lowest BCUT2D eigenvalue weighted by atomic mass is 10.1. The number of thiazole rings is 1. The number of rotatable bonds is 9. The summed E-state index contributed by atoms with van der Waals surface area (Å²) in [5.74, 6) is 0.481. The summed E-state index contributed by atoms with van der Waals surface area (Å²) in [6.45, 7) is 12.2. The largest absolute Gasteiger partial charge is 0.416 e. The summed E-state index contributed by atoms with van der Waals surface area (Å²) in [7, 11) is 0. The van der Waals surface area contributed by atoms with Crippen molar-refractivity contribution in [1.29, 1.82) is 0 Å². The standard InChI is InChI=1S/C25H31F3N4OS/c1-6-31(7-2)23(33)20-14-22(32(17(20)5)12-11-16(3)4)21-15-34-24(30-21)29-19-10-8-9-18(13-19)25(26,27)28/h8-10,13-16H,6-7,11-12H2,1-5H3,(H,29,30). The van der Waals surface area contributed by atoms with Gasteiger partial charge in [0.15, 0.2) is 5.13 Å². The van der Waals surface area contributed by atoms with Crippen LogP contribution in [0.1, 0.15) is 55.7 Å². The van der Waals surface area contributed by atoms with Crippen LogP contribution in [0.4, 0.5) is 24.0 Å². The van der Waals surface area contributed by atoms with Crippen molar-refractivity contribution >= 4 is 28.1 Å². The molecule has 0 aliphatic carbocycles. The number of nitrogens with zero attached hydrogens (tertiary/aromatic N) is 3. The Kier molecular flexibility index (Phi) is 8.07. The third-order valence-electron chi connectivity index (χ3n) is 5.79. The van der Waals surface area contributed by atoms with Crippen molar-refractivity contribution in [3.05, 3.63) is 52.5 Å². The van der Waals surface area contributed by atoms with Gasteiger partial charge in [-0.05, 0) is 57.4 Å². The number of carbonyl (C=O) groups excluding carboxylic acids is 1. The number of anilines is 2. The van der Waals surface area contributed by atoms with Crippen LogP contribution in [0.3, 0.4) is 0 Å². The molecule has 0 radical (unpaired) electrons. The van der Waals surface area contributed by atoms with Gasteiger partial charge in [0, 0.05) is 36.4 Å². The van der Waals surface area contributed by atoms with E-state index in [1.807, 2.05) is 32.2 Å². The predicted octanol–water partition coefficient (Wildman–Crippen LogP) is 7.21. The van der Waals surface area contributed by atoms with Crippen molar-refractivity contribution in [2.24, 2.45) is 5.92 Å². The molecule has 0 saturated heterocycles. The van der Waals surface area contributed by atoms with Gasteiger partial charge in [-0.25, -0.2) is 4.98 Å². The summed E-state index contributed by atoms with van der Waals surface area (Å²) in [6.07, 6.45) is -3.46. The van der Waals surface area contributed by atoms with Gasteiger partial charge in [0.1, 0.15) is 0 Å². The topological polar surface area (TPSA) is 50.2 Å². The van der Waals surface area contributed by atoms with Crippen LogP contribution < -0.4 is 5.32 Å². The first-order valence-corrected chi connectivity index (χ1v) is 12.3. The van der Waals surface area contributed by atoms with Crippen molar-refractivity contribution in [3.63, 3.8) is 0 Å². The molecule has 3 aromatic rings. The van der Waals surface area contributed by atoms with Gasteiger partial charge in [0.2, 0.25) is 0 Å². The minimum absolute atomic E-state index is 0.00964. The third kappa shape index (κ3) is 5.81. The second-order valence-electron chi connectivity index (χ2n) is 8.58. The minimum Gasteiger partial charge on any atom is -0.343 e. The van der Waals surface area contributed by atoms with Crippen molar-refractivity contribution in [3.8, 4) is 11.4 Å². The number of amides is 1. The third-order valence-corrected chi connectivity index (χ3v) is 6.54. The molecule has 1 N–H and O–H groups in total. The van der Waals surface area contributed by atoms with E-state index in [0.29, 0.717) is 41.1 Å². The lowest BCUT2D eigenvalue weighted by Crippen LogP contribution is -2.30. The van der Waals surface area contributed by atoms with Crippen LogP contribution in [0.15, 0.2) is 35.7 Å². The van der Waals surface area contributed by atoms with Crippen LogP contribution >= 0.6 is 11.3 Å². The van der Waals surface area contributed by atoms with Crippen LogP contribution in [0.5, 0.6) is 0 Å². The fraction of sp³-hybridized carbons (Fsp3) is 0.440. The summed E-state index contributed by atoms with van der Waals surface area (Å²) in [6, 6.07) is 6.94. The molecule has 0 atom stereocenters. The van der Waals surface area contributed by atoms with Gasteiger partial charge in [0.25, 0.3) is 5.91 Å². The fourth-order valence-corrected chi connectivity index (χ4v) is 4.50. The van der Waals surface area contributed by atoms with Crippen LogP contribution in [-0.2, 0) is 12.7 Å². The first kappa shape index (κ1) is 25.8. The Morgan fingerprint density at radius 3 is 2.53 bits per heavy atom. The number of hydrogen-bond acceptors (Lipinski definition) is 4. The molecule has 0 bridgehead atoms.